The zero-order valence-electron chi connectivity index (χ0n) is 17.5. The van der Waals surface area contributed by atoms with Crippen LogP contribution >= 0.6 is 11.8 Å². The number of nitrogens with one attached hydrogen (secondary N) is 2. The largest absolute Gasteiger partial charge is 0.366 e. The number of ether oxygens (including phenoxy) is 1. The third kappa shape index (κ3) is 6.17. The van der Waals surface area contributed by atoms with Crippen LogP contribution in [0.3, 0.4) is 0 Å². The highest BCUT2D eigenvalue weighted by Crippen LogP contribution is 2.28. The third-order valence-electron chi connectivity index (χ3n) is 4.26. The van der Waals surface area contributed by atoms with Gasteiger partial charge in [0.05, 0.1) is 30.0 Å². The fourth-order valence-corrected chi connectivity index (χ4v) is 3.22. The van der Waals surface area contributed by atoms with Crippen LogP contribution < -0.4 is 10.8 Å². The van der Waals surface area contributed by atoms with Crippen LogP contribution in [0.15, 0.2) is 47.8 Å². The Morgan fingerprint density at radius 2 is 2.10 bits per heavy atom. The highest BCUT2D eigenvalue weighted by atomic mass is 32.2. The van der Waals surface area contributed by atoms with E-state index in [1.807, 2.05) is 6.26 Å². The average molecular weight is 449 g/mol. The Hall–Kier alpha value is -2.66. The molecule has 8 nitrogen and oxygen atoms in total. The van der Waals surface area contributed by atoms with Gasteiger partial charge >= 0.3 is 0 Å². The van der Waals surface area contributed by atoms with Crippen LogP contribution in [-0.2, 0) is 9.57 Å². The maximum Gasteiger partial charge on any atom is 0.278 e. The van der Waals surface area contributed by atoms with Crippen molar-refractivity contribution in [3.63, 3.8) is 0 Å². The first-order chi connectivity index (χ1) is 14.8. The number of aromatic nitrogens is 2. The zero-order chi connectivity index (χ0) is 22.4. The SMILES string of the molecule is CSc1ccc(Nc2c(C(=O)NOCCCOC(C)(C)O)cc3ccncn23)c(F)c1. The van der Waals surface area contributed by atoms with E-state index in [1.54, 1.807) is 34.9 Å². The number of hydroxylamine groups is 1. The van der Waals surface area contributed by atoms with E-state index in [9.17, 15) is 14.3 Å². The topological polar surface area (TPSA) is 97.1 Å². The lowest BCUT2D eigenvalue weighted by Gasteiger charge is -2.17. The molecule has 0 aliphatic carbocycles. The van der Waals surface area contributed by atoms with Gasteiger partial charge in [-0.2, -0.15) is 0 Å². The number of aliphatic hydroxyl groups is 1. The van der Waals surface area contributed by atoms with Gasteiger partial charge in [0.15, 0.2) is 5.79 Å². The Morgan fingerprint density at radius 1 is 1.29 bits per heavy atom. The van der Waals surface area contributed by atoms with Crippen molar-refractivity contribution in [2.75, 3.05) is 24.8 Å². The minimum Gasteiger partial charge on any atom is -0.366 e. The summed E-state index contributed by atoms with van der Waals surface area (Å²) in [6.07, 6.45) is 5.49. The van der Waals surface area contributed by atoms with Gasteiger partial charge in [-0.15, -0.1) is 11.8 Å². The molecule has 1 aromatic carbocycles. The van der Waals surface area contributed by atoms with E-state index in [2.05, 4.69) is 15.8 Å². The first-order valence-electron chi connectivity index (χ1n) is 9.62. The summed E-state index contributed by atoms with van der Waals surface area (Å²) in [5.74, 6) is -1.77. The van der Waals surface area contributed by atoms with Crippen LogP contribution in [0.1, 0.15) is 30.6 Å². The standard InChI is InChI=1S/C21H25FN4O4S/c1-21(2,28)29-9-4-10-30-25-20(27)16-11-14-7-8-23-13-26(14)19(16)24-18-6-5-15(31-3)12-17(18)22/h5-8,11-13,24,28H,4,9-10H2,1-3H3,(H,25,27). The molecular formula is C21H25FN4O4S. The van der Waals surface area contributed by atoms with Crippen molar-refractivity contribution in [1.82, 2.24) is 14.9 Å². The lowest BCUT2D eigenvalue weighted by atomic mass is 10.2. The minimum absolute atomic E-state index is 0.199. The van der Waals surface area contributed by atoms with Crippen LogP contribution in [0.2, 0.25) is 0 Å². The number of benzene rings is 1. The van der Waals surface area contributed by atoms with Gasteiger partial charge in [-0.1, -0.05) is 0 Å². The lowest BCUT2D eigenvalue weighted by molar-refractivity contribution is -0.178. The van der Waals surface area contributed by atoms with Crippen molar-refractivity contribution in [3.8, 4) is 0 Å². The van der Waals surface area contributed by atoms with Gasteiger partial charge in [0.25, 0.3) is 5.91 Å². The number of hydrogen-bond acceptors (Lipinski definition) is 7. The molecule has 3 rings (SSSR count). The van der Waals surface area contributed by atoms with Gasteiger partial charge in [0.2, 0.25) is 0 Å². The quantitative estimate of drug-likeness (QED) is 0.188. The Labute approximate surface area is 183 Å². The summed E-state index contributed by atoms with van der Waals surface area (Å²) < 4.78 is 21.4. The summed E-state index contributed by atoms with van der Waals surface area (Å²) in [5, 5.41) is 12.5. The van der Waals surface area contributed by atoms with Crippen LogP contribution in [0.5, 0.6) is 0 Å². The van der Waals surface area contributed by atoms with Gasteiger partial charge < -0.3 is 15.2 Å². The van der Waals surface area contributed by atoms with Gasteiger partial charge in [-0.05, 0) is 56.9 Å². The number of nitrogens with zero attached hydrogens (tertiary/aromatic N) is 2. The molecule has 0 radical (unpaired) electrons. The summed E-state index contributed by atoms with van der Waals surface area (Å²) in [6.45, 7) is 3.55. The Kier molecular flexibility index (Phi) is 7.50. The number of thioether (sulfide) groups is 1. The molecule has 3 N–H and O–H groups in total. The summed E-state index contributed by atoms with van der Waals surface area (Å²) in [4.78, 5) is 22.8. The molecule has 2 heterocycles. The molecule has 31 heavy (non-hydrogen) atoms. The van der Waals surface area contributed by atoms with Crippen LogP contribution in [0.25, 0.3) is 5.52 Å². The molecular weight excluding hydrogens is 423 g/mol. The second-order valence-electron chi connectivity index (χ2n) is 7.18. The predicted octanol–water partition coefficient (Wildman–Crippen LogP) is 3.74. The molecule has 1 amide bonds. The molecule has 0 atom stereocenters. The molecule has 0 saturated carbocycles. The van der Waals surface area contributed by atoms with Crippen molar-refractivity contribution in [3.05, 3.63) is 54.2 Å². The second-order valence-corrected chi connectivity index (χ2v) is 8.06. The molecule has 0 aliphatic rings. The number of hydrogen-bond donors (Lipinski definition) is 3. The Balaban J connectivity index is 1.72. The number of rotatable bonds is 10. The summed E-state index contributed by atoms with van der Waals surface area (Å²) in [7, 11) is 0. The Morgan fingerprint density at radius 3 is 2.81 bits per heavy atom. The molecule has 166 valence electrons. The number of anilines is 2. The highest BCUT2D eigenvalue weighted by molar-refractivity contribution is 7.98. The highest BCUT2D eigenvalue weighted by Gasteiger charge is 2.19. The smallest absolute Gasteiger partial charge is 0.278 e. The van der Waals surface area contributed by atoms with Gasteiger partial charge in [-0.25, -0.2) is 14.9 Å². The maximum absolute atomic E-state index is 14.5. The summed E-state index contributed by atoms with van der Waals surface area (Å²) >= 11 is 1.44. The van der Waals surface area contributed by atoms with Gasteiger partial charge in [0, 0.05) is 11.1 Å². The zero-order valence-corrected chi connectivity index (χ0v) is 18.3. The van der Waals surface area contributed by atoms with Gasteiger partial charge in [-0.3, -0.25) is 14.0 Å². The molecule has 10 heteroatoms. The monoisotopic (exact) mass is 448 g/mol. The van der Waals surface area contributed by atoms with E-state index < -0.39 is 17.5 Å². The fraction of sp³-hybridized carbons (Fsp3) is 0.333. The average Bonchev–Trinajstić information content (AvgIpc) is 3.09. The van der Waals surface area contributed by atoms with E-state index in [0.717, 1.165) is 4.90 Å². The molecule has 0 saturated heterocycles. The van der Waals surface area contributed by atoms with Crippen molar-refractivity contribution >= 4 is 34.7 Å². The van der Waals surface area contributed by atoms with Gasteiger partial charge in [0.1, 0.15) is 18.0 Å². The number of carbonyl (C=O) groups is 1. The first-order valence-corrected chi connectivity index (χ1v) is 10.8. The van der Waals surface area contributed by atoms with Crippen LogP contribution in [0, 0.1) is 5.82 Å². The predicted molar refractivity (Wildman–Crippen MR) is 117 cm³/mol. The van der Waals surface area contributed by atoms with E-state index >= 15 is 0 Å². The molecule has 0 fully saturated rings. The third-order valence-corrected chi connectivity index (χ3v) is 4.99. The molecule has 0 unspecified atom stereocenters. The second kappa shape index (κ2) is 10.1. The van der Waals surface area contributed by atoms with E-state index in [1.165, 1.54) is 38.0 Å². The molecule has 3 aromatic rings. The van der Waals surface area contributed by atoms with Crippen molar-refractivity contribution in [1.29, 1.82) is 0 Å². The van der Waals surface area contributed by atoms with Crippen molar-refractivity contribution in [2.24, 2.45) is 0 Å². The minimum atomic E-state index is -1.21. The Bertz CT molecular complexity index is 1050. The molecule has 2 aromatic heterocycles. The van der Waals surface area contributed by atoms with Crippen molar-refractivity contribution in [2.45, 2.75) is 31.0 Å². The summed E-state index contributed by atoms with van der Waals surface area (Å²) in [6, 6.07) is 8.25. The van der Waals surface area contributed by atoms with Crippen LogP contribution in [-0.4, -0.2) is 45.7 Å². The summed E-state index contributed by atoms with van der Waals surface area (Å²) in [5.41, 5.74) is 3.61. The van der Waals surface area contributed by atoms with Crippen molar-refractivity contribution < 1.29 is 23.9 Å². The molecule has 0 bridgehead atoms. The molecule has 0 aliphatic heterocycles. The number of halogens is 1. The first kappa shape index (κ1) is 23.0. The fourth-order valence-electron chi connectivity index (χ4n) is 2.80. The number of amides is 1. The van der Waals surface area contributed by atoms with Crippen LogP contribution in [0.4, 0.5) is 15.9 Å². The molecule has 0 spiro atoms. The number of fused-ring (bicyclic) bond motifs is 1. The lowest BCUT2D eigenvalue weighted by Crippen LogP contribution is -2.27. The normalized spacial score (nSPS) is 11.6. The number of carbonyl (C=O) groups excluding carboxylic acids is 1. The maximum atomic E-state index is 14.5. The van der Waals surface area contributed by atoms with E-state index in [0.29, 0.717) is 17.8 Å². The van der Waals surface area contributed by atoms with E-state index in [4.69, 9.17) is 9.57 Å². The van der Waals surface area contributed by atoms with E-state index in [-0.39, 0.29) is 24.5 Å².